The minimum absolute atomic E-state index is 0.287. The van der Waals surface area contributed by atoms with E-state index in [1.54, 1.807) is 17.1 Å². The Morgan fingerprint density at radius 3 is 2.31 bits per heavy atom. The van der Waals surface area contributed by atoms with Crippen molar-refractivity contribution in [3.63, 3.8) is 0 Å². The first-order valence-electron chi connectivity index (χ1n) is 7.57. The van der Waals surface area contributed by atoms with E-state index < -0.39 is 0 Å². The van der Waals surface area contributed by atoms with Crippen LogP contribution in [0.5, 0.6) is 0 Å². The van der Waals surface area contributed by atoms with Gasteiger partial charge in [-0.05, 0) is 51.3 Å². The molecule has 0 atom stereocenters. The number of amides is 1. The number of hydrogen-bond acceptors (Lipinski definition) is 3. The van der Waals surface area contributed by atoms with E-state index in [9.17, 15) is 4.79 Å². The highest BCUT2D eigenvalue weighted by molar-refractivity contribution is 9.11. The number of hydrazone groups is 1. The molecule has 132 valence electrons. The number of halogens is 3. The molecule has 0 saturated heterocycles. The highest BCUT2D eigenvalue weighted by Crippen LogP contribution is 2.17. The van der Waals surface area contributed by atoms with E-state index in [1.807, 2.05) is 48.5 Å². The Morgan fingerprint density at radius 2 is 1.65 bits per heavy atom. The van der Waals surface area contributed by atoms with Crippen LogP contribution in [-0.4, -0.2) is 21.9 Å². The molecule has 1 aromatic heterocycles. The van der Waals surface area contributed by atoms with Crippen molar-refractivity contribution in [3.8, 4) is 0 Å². The number of carbonyl (C=O) groups excluding carboxylic acids is 1. The van der Waals surface area contributed by atoms with Gasteiger partial charge in [-0.25, -0.2) is 5.43 Å². The summed E-state index contributed by atoms with van der Waals surface area (Å²) in [5.74, 6) is -0.375. The lowest BCUT2D eigenvalue weighted by molar-refractivity contribution is 0.0948. The molecular formula is C18H13Br3N4O. The Balaban J connectivity index is 1.65. The molecule has 0 radical (unpaired) electrons. The van der Waals surface area contributed by atoms with Crippen LogP contribution in [0.1, 0.15) is 21.6 Å². The van der Waals surface area contributed by atoms with Crippen molar-refractivity contribution < 1.29 is 4.79 Å². The van der Waals surface area contributed by atoms with Crippen molar-refractivity contribution >= 4 is 59.9 Å². The Kier molecular flexibility index (Phi) is 6.39. The lowest BCUT2D eigenvalue weighted by Gasteiger charge is -2.02. The normalized spacial score (nSPS) is 11.0. The first-order valence-corrected chi connectivity index (χ1v) is 9.95. The third kappa shape index (κ3) is 5.12. The van der Waals surface area contributed by atoms with Gasteiger partial charge < -0.3 is 0 Å². The highest BCUT2D eigenvalue weighted by atomic mass is 79.9. The first-order chi connectivity index (χ1) is 12.5. The lowest BCUT2D eigenvalue weighted by atomic mass is 10.2. The molecule has 0 aliphatic rings. The van der Waals surface area contributed by atoms with Gasteiger partial charge in [0, 0.05) is 15.1 Å². The predicted molar refractivity (Wildman–Crippen MR) is 112 cm³/mol. The van der Waals surface area contributed by atoms with Crippen LogP contribution in [-0.2, 0) is 6.54 Å². The Morgan fingerprint density at radius 1 is 1.04 bits per heavy atom. The van der Waals surface area contributed by atoms with Crippen molar-refractivity contribution in [2.24, 2.45) is 5.10 Å². The summed E-state index contributed by atoms with van der Waals surface area (Å²) >= 11 is 10.2. The smallest absolute Gasteiger partial charge is 0.266 e. The molecule has 0 bridgehead atoms. The molecule has 0 aliphatic heterocycles. The topological polar surface area (TPSA) is 59.3 Å². The molecule has 0 spiro atoms. The van der Waals surface area contributed by atoms with Gasteiger partial charge in [0.15, 0.2) is 5.69 Å². The van der Waals surface area contributed by atoms with Crippen molar-refractivity contribution in [1.29, 1.82) is 0 Å². The predicted octanol–water partition coefficient (Wildman–Crippen LogP) is 4.98. The Labute approximate surface area is 175 Å². The van der Waals surface area contributed by atoms with Crippen LogP contribution in [0.3, 0.4) is 0 Å². The average molecular weight is 541 g/mol. The highest BCUT2D eigenvalue weighted by Gasteiger charge is 2.14. The first kappa shape index (κ1) is 19.0. The zero-order valence-corrected chi connectivity index (χ0v) is 18.1. The van der Waals surface area contributed by atoms with E-state index in [-0.39, 0.29) is 11.6 Å². The van der Waals surface area contributed by atoms with Gasteiger partial charge >= 0.3 is 0 Å². The van der Waals surface area contributed by atoms with Crippen LogP contribution in [0.2, 0.25) is 0 Å². The summed E-state index contributed by atoms with van der Waals surface area (Å²) in [5, 5.41) is 8.31. The maximum atomic E-state index is 12.3. The number of benzene rings is 2. The van der Waals surface area contributed by atoms with Gasteiger partial charge in [0.05, 0.1) is 17.2 Å². The minimum atomic E-state index is -0.375. The minimum Gasteiger partial charge on any atom is -0.266 e. The lowest BCUT2D eigenvalue weighted by Crippen LogP contribution is -2.19. The van der Waals surface area contributed by atoms with Crippen molar-refractivity contribution in [3.05, 3.63) is 85.0 Å². The summed E-state index contributed by atoms with van der Waals surface area (Å²) in [5.41, 5.74) is 4.75. The average Bonchev–Trinajstić information content (AvgIpc) is 2.99. The number of hydrogen-bond donors (Lipinski definition) is 1. The van der Waals surface area contributed by atoms with Crippen LogP contribution in [0.25, 0.3) is 0 Å². The summed E-state index contributed by atoms with van der Waals surface area (Å²) in [6.45, 7) is 0.571. The molecular weight excluding hydrogens is 528 g/mol. The monoisotopic (exact) mass is 538 g/mol. The third-order valence-electron chi connectivity index (χ3n) is 3.44. The fourth-order valence-corrected chi connectivity index (χ4v) is 3.20. The van der Waals surface area contributed by atoms with Gasteiger partial charge in [-0.1, -0.05) is 56.1 Å². The molecule has 0 unspecified atom stereocenters. The van der Waals surface area contributed by atoms with Crippen LogP contribution < -0.4 is 5.43 Å². The number of nitrogens with zero attached hydrogens (tertiary/aromatic N) is 3. The van der Waals surface area contributed by atoms with Gasteiger partial charge in [-0.2, -0.15) is 10.2 Å². The molecule has 2 aromatic carbocycles. The van der Waals surface area contributed by atoms with Gasteiger partial charge in [0.1, 0.15) is 0 Å². The molecule has 0 aliphatic carbocycles. The number of nitrogens with one attached hydrogen (secondary N) is 1. The second kappa shape index (κ2) is 8.75. The van der Waals surface area contributed by atoms with Crippen molar-refractivity contribution in [2.75, 3.05) is 0 Å². The standard InChI is InChI=1S/C18H13Br3N4O/c19-14-5-1-12(2-6-14)9-22-23-18(26)17-16(21)11-25(24-17)10-13-3-7-15(20)8-4-13/h1-9,11H,10H2,(H,23,26)/b22-9+. The summed E-state index contributed by atoms with van der Waals surface area (Å²) in [4.78, 5) is 12.3. The third-order valence-corrected chi connectivity index (χ3v) is 5.08. The number of aromatic nitrogens is 2. The van der Waals surface area contributed by atoms with Crippen LogP contribution in [0.15, 0.2) is 73.2 Å². The molecule has 1 heterocycles. The summed E-state index contributed by atoms with van der Waals surface area (Å²) in [7, 11) is 0. The molecule has 8 heteroatoms. The molecule has 3 aromatic rings. The summed E-state index contributed by atoms with van der Waals surface area (Å²) in [6, 6.07) is 15.5. The molecule has 26 heavy (non-hydrogen) atoms. The largest absolute Gasteiger partial charge is 0.293 e. The van der Waals surface area contributed by atoms with Gasteiger partial charge in [-0.15, -0.1) is 0 Å². The van der Waals surface area contributed by atoms with E-state index in [1.165, 1.54) is 0 Å². The molecule has 5 nitrogen and oxygen atoms in total. The van der Waals surface area contributed by atoms with Crippen LogP contribution in [0.4, 0.5) is 0 Å². The van der Waals surface area contributed by atoms with Crippen LogP contribution in [0, 0.1) is 0 Å². The molecule has 0 fully saturated rings. The van der Waals surface area contributed by atoms with E-state index in [4.69, 9.17) is 0 Å². The van der Waals surface area contributed by atoms with Crippen LogP contribution >= 0.6 is 47.8 Å². The maximum absolute atomic E-state index is 12.3. The Hall–Kier alpha value is -1.77. The number of rotatable bonds is 5. The summed E-state index contributed by atoms with van der Waals surface area (Å²) in [6.07, 6.45) is 3.35. The van der Waals surface area contributed by atoms with E-state index in [0.29, 0.717) is 11.0 Å². The molecule has 3 rings (SSSR count). The second-order valence-corrected chi connectivity index (χ2v) is 8.09. The Bertz CT molecular complexity index is 934. The maximum Gasteiger partial charge on any atom is 0.293 e. The molecule has 0 saturated carbocycles. The van der Waals surface area contributed by atoms with Gasteiger partial charge in [-0.3, -0.25) is 9.48 Å². The fraction of sp³-hybridized carbons (Fsp3) is 0.0556. The van der Waals surface area contributed by atoms with Gasteiger partial charge in [0.2, 0.25) is 0 Å². The molecule has 1 N–H and O–H groups in total. The SMILES string of the molecule is O=C(N/N=C/c1ccc(Br)cc1)c1nn(Cc2ccc(Br)cc2)cc1Br. The summed E-state index contributed by atoms with van der Waals surface area (Å²) < 4.78 is 4.33. The quantitative estimate of drug-likeness (QED) is 0.366. The zero-order valence-electron chi connectivity index (χ0n) is 13.4. The number of carbonyl (C=O) groups is 1. The van der Waals surface area contributed by atoms with Gasteiger partial charge in [0.25, 0.3) is 5.91 Å². The van der Waals surface area contributed by atoms with E-state index >= 15 is 0 Å². The van der Waals surface area contributed by atoms with Crippen molar-refractivity contribution in [2.45, 2.75) is 6.54 Å². The van der Waals surface area contributed by atoms with Crippen molar-refractivity contribution in [1.82, 2.24) is 15.2 Å². The second-order valence-electron chi connectivity index (χ2n) is 5.40. The van der Waals surface area contributed by atoms with E-state index in [2.05, 4.69) is 63.4 Å². The zero-order chi connectivity index (χ0) is 18.5. The fourth-order valence-electron chi connectivity index (χ4n) is 2.18. The van der Waals surface area contributed by atoms with E-state index in [0.717, 1.165) is 20.1 Å². The molecule has 1 amide bonds.